The first-order valence-electron chi connectivity index (χ1n) is 3.79. The average molecular weight is 199 g/mol. The predicted molar refractivity (Wildman–Crippen MR) is 53.1 cm³/mol. The number of hydrogen-bond acceptors (Lipinski definition) is 3. The van der Waals surface area contributed by atoms with Crippen molar-refractivity contribution in [3.05, 3.63) is 23.3 Å². The zero-order valence-electron chi connectivity index (χ0n) is 7.43. The van der Waals surface area contributed by atoms with Gasteiger partial charge in [0.2, 0.25) is 0 Å². The first-order chi connectivity index (χ1) is 6.22. The molecule has 70 valence electrons. The molecule has 13 heavy (non-hydrogen) atoms. The van der Waals surface area contributed by atoms with Crippen molar-refractivity contribution < 1.29 is 8.68 Å². The van der Waals surface area contributed by atoms with E-state index in [4.69, 9.17) is 0 Å². The van der Waals surface area contributed by atoms with Crippen molar-refractivity contribution in [1.82, 2.24) is 0 Å². The maximum atomic E-state index is 12.2. The van der Waals surface area contributed by atoms with E-state index in [0.29, 0.717) is 10.5 Å². The van der Waals surface area contributed by atoms with Crippen LogP contribution in [-0.4, -0.2) is 13.3 Å². The topological polar surface area (TPSA) is 29.1 Å². The van der Waals surface area contributed by atoms with E-state index < -0.39 is 0 Å². The van der Waals surface area contributed by atoms with Gasteiger partial charge in [-0.1, -0.05) is 0 Å². The summed E-state index contributed by atoms with van der Waals surface area (Å²) in [4.78, 5) is 11.1. The zero-order valence-corrected chi connectivity index (χ0v) is 8.24. The summed E-state index contributed by atoms with van der Waals surface area (Å²) in [5.74, 6) is 0. The van der Waals surface area contributed by atoms with E-state index in [0.717, 1.165) is 17.5 Å². The molecule has 0 bridgehead atoms. The minimum Gasteiger partial charge on any atom is -0.387 e. The van der Waals surface area contributed by atoms with Gasteiger partial charge in [0.1, 0.15) is 0 Å². The smallest absolute Gasteiger partial charge is 0.152 e. The SMILES string of the molecule is CNc1c(C)cc(SF)cc1C=O. The minimum atomic E-state index is 0.145. The summed E-state index contributed by atoms with van der Waals surface area (Å²) in [6, 6.07) is 3.22. The van der Waals surface area contributed by atoms with Crippen molar-refractivity contribution in [2.24, 2.45) is 0 Å². The molecule has 1 aromatic rings. The molecule has 0 aromatic heterocycles. The Balaban J connectivity index is 3.28. The molecule has 0 aliphatic carbocycles. The molecule has 0 spiro atoms. The third kappa shape index (κ3) is 2.01. The van der Waals surface area contributed by atoms with Gasteiger partial charge >= 0.3 is 0 Å². The van der Waals surface area contributed by atoms with E-state index >= 15 is 0 Å². The molecule has 0 heterocycles. The number of halogens is 1. The first-order valence-corrected chi connectivity index (χ1v) is 4.50. The van der Waals surface area contributed by atoms with Gasteiger partial charge in [0.05, 0.1) is 12.1 Å². The van der Waals surface area contributed by atoms with Crippen LogP contribution in [-0.2, 0) is 0 Å². The van der Waals surface area contributed by atoms with Crippen LogP contribution in [0, 0.1) is 6.92 Å². The number of carbonyl (C=O) groups is 1. The summed E-state index contributed by atoms with van der Waals surface area (Å²) < 4.78 is 12.2. The van der Waals surface area contributed by atoms with Crippen LogP contribution in [0.1, 0.15) is 15.9 Å². The zero-order chi connectivity index (χ0) is 9.84. The summed E-state index contributed by atoms with van der Waals surface area (Å²) in [5.41, 5.74) is 2.11. The largest absolute Gasteiger partial charge is 0.387 e. The Labute approximate surface area is 80.8 Å². The fourth-order valence-corrected chi connectivity index (χ4v) is 1.65. The summed E-state index contributed by atoms with van der Waals surface area (Å²) >= 11 is 0.145. The van der Waals surface area contributed by atoms with Crippen molar-refractivity contribution >= 4 is 24.1 Å². The standard InChI is InChI=1S/C9H10FNOS/c1-6-3-8(13-10)4-7(5-12)9(6)11-2/h3-5,11H,1-2H3. The number of hydrogen-bond donors (Lipinski definition) is 1. The monoisotopic (exact) mass is 199 g/mol. The van der Waals surface area contributed by atoms with Gasteiger partial charge < -0.3 is 5.32 Å². The van der Waals surface area contributed by atoms with E-state index in [2.05, 4.69) is 5.32 Å². The van der Waals surface area contributed by atoms with Gasteiger partial charge in [-0.15, -0.1) is 0 Å². The number of anilines is 1. The second kappa shape index (κ2) is 4.28. The molecule has 0 unspecified atom stereocenters. The number of aryl methyl sites for hydroxylation is 1. The quantitative estimate of drug-likeness (QED) is 0.759. The highest BCUT2D eigenvalue weighted by atomic mass is 32.2. The Morgan fingerprint density at radius 3 is 2.69 bits per heavy atom. The van der Waals surface area contributed by atoms with Crippen molar-refractivity contribution in [3.8, 4) is 0 Å². The molecule has 0 saturated carbocycles. The maximum Gasteiger partial charge on any atom is 0.152 e. The van der Waals surface area contributed by atoms with Crippen LogP contribution in [0.3, 0.4) is 0 Å². The van der Waals surface area contributed by atoms with Crippen LogP contribution >= 0.6 is 12.1 Å². The molecule has 0 amide bonds. The van der Waals surface area contributed by atoms with E-state index in [1.165, 1.54) is 6.07 Å². The second-order valence-electron chi connectivity index (χ2n) is 2.65. The maximum absolute atomic E-state index is 12.2. The van der Waals surface area contributed by atoms with Gasteiger partial charge in [-0.3, -0.25) is 4.79 Å². The van der Waals surface area contributed by atoms with Gasteiger partial charge in [0.15, 0.2) is 6.29 Å². The summed E-state index contributed by atoms with van der Waals surface area (Å²) in [6.45, 7) is 1.83. The van der Waals surface area contributed by atoms with Gasteiger partial charge in [-0.25, -0.2) is 0 Å². The first kappa shape index (κ1) is 10.1. The molecule has 1 aromatic carbocycles. The van der Waals surface area contributed by atoms with Crippen molar-refractivity contribution in [2.45, 2.75) is 11.8 Å². The lowest BCUT2D eigenvalue weighted by molar-refractivity contribution is 0.112. The minimum absolute atomic E-state index is 0.145. The molecule has 2 nitrogen and oxygen atoms in total. The normalized spacial score (nSPS) is 9.77. The summed E-state index contributed by atoms with van der Waals surface area (Å²) in [5, 5.41) is 2.90. The molecule has 0 aliphatic heterocycles. The third-order valence-electron chi connectivity index (χ3n) is 1.81. The van der Waals surface area contributed by atoms with Crippen LogP contribution < -0.4 is 5.32 Å². The van der Waals surface area contributed by atoms with Crippen LogP contribution in [0.5, 0.6) is 0 Å². The average Bonchev–Trinajstić information content (AvgIpc) is 2.16. The van der Waals surface area contributed by atoms with Gasteiger partial charge in [-0.05, 0) is 24.6 Å². The lowest BCUT2D eigenvalue weighted by Crippen LogP contribution is -1.97. The van der Waals surface area contributed by atoms with Gasteiger partial charge in [0.25, 0.3) is 0 Å². The fourth-order valence-electron chi connectivity index (χ4n) is 1.26. The molecule has 0 radical (unpaired) electrons. The highest BCUT2D eigenvalue weighted by Crippen LogP contribution is 2.27. The van der Waals surface area contributed by atoms with Crippen LogP contribution in [0.4, 0.5) is 9.57 Å². The van der Waals surface area contributed by atoms with E-state index in [1.807, 2.05) is 6.92 Å². The number of benzene rings is 1. The van der Waals surface area contributed by atoms with Crippen LogP contribution in [0.2, 0.25) is 0 Å². The Morgan fingerprint density at radius 2 is 2.23 bits per heavy atom. The number of nitrogens with one attached hydrogen (secondary N) is 1. The Bertz CT molecular complexity index is 328. The fraction of sp³-hybridized carbons (Fsp3) is 0.222. The number of aldehydes is 1. The highest BCUT2D eigenvalue weighted by Gasteiger charge is 2.06. The van der Waals surface area contributed by atoms with Crippen molar-refractivity contribution in [2.75, 3.05) is 12.4 Å². The molecule has 0 aliphatic rings. The van der Waals surface area contributed by atoms with E-state index in [-0.39, 0.29) is 12.1 Å². The lowest BCUT2D eigenvalue weighted by atomic mass is 10.1. The molecule has 1 rings (SSSR count). The lowest BCUT2D eigenvalue weighted by Gasteiger charge is -2.08. The molecule has 0 saturated heterocycles. The molecule has 4 heteroatoms. The highest BCUT2D eigenvalue weighted by molar-refractivity contribution is 7.94. The molecule has 1 N–H and O–H groups in total. The molecular formula is C9H10FNOS. The Morgan fingerprint density at radius 1 is 1.54 bits per heavy atom. The molecular weight excluding hydrogens is 189 g/mol. The van der Waals surface area contributed by atoms with Gasteiger partial charge in [-0.2, -0.15) is 3.89 Å². The van der Waals surface area contributed by atoms with Crippen LogP contribution in [0.15, 0.2) is 17.0 Å². The van der Waals surface area contributed by atoms with Gasteiger partial charge in [0, 0.05) is 23.2 Å². The van der Waals surface area contributed by atoms with Crippen LogP contribution in [0.25, 0.3) is 0 Å². The summed E-state index contributed by atoms with van der Waals surface area (Å²) in [6.07, 6.45) is 0.721. The molecule has 0 fully saturated rings. The molecule has 0 atom stereocenters. The third-order valence-corrected chi connectivity index (χ3v) is 2.22. The van der Waals surface area contributed by atoms with Crippen molar-refractivity contribution in [3.63, 3.8) is 0 Å². The number of carbonyl (C=O) groups excluding carboxylic acids is 1. The Hall–Kier alpha value is -1.03. The van der Waals surface area contributed by atoms with Crippen molar-refractivity contribution in [1.29, 1.82) is 0 Å². The summed E-state index contributed by atoms with van der Waals surface area (Å²) in [7, 11) is 1.73. The number of rotatable bonds is 3. The predicted octanol–water partition coefficient (Wildman–Crippen LogP) is 2.83. The second-order valence-corrected chi connectivity index (χ2v) is 3.28. The van der Waals surface area contributed by atoms with E-state index in [1.54, 1.807) is 13.1 Å². The Kier molecular flexibility index (Phi) is 3.31. The van der Waals surface area contributed by atoms with E-state index in [9.17, 15) is 8.68 Å².